The normalized spacial score (nSPS) is 10.7. The van der Waals surface area contributed by atoms with Crippen molar-refractivity contribution in [3.05, 3.63) is 119 Å². The molecule has 8 heteroatoms. The van der Waals surface area contributed by atoms with Gasteiger partial charge >= 0.3 is 0 Å². The molecule has 0 unspecified atom stereocenters. The maximum Gasteiger partial charge on any atom is 0.271 e. The third kappa shape index (κ3) is 8.69. The van der Waals surface area contributed by atoms with E-state index in [0.717, 1.165) is 22.4 Å². The molecule has 41 heavy (non-hydrogen) atoms. The van der Waals surface area contributed by atoms with Crippen molar-refractivity contribution in [1.29, 1.82) is 0 Å². The zero-order chi connectivity index (χ0) is 29.0. The fourth-order valence-corrected chi connectivity index (χ4v) is 3.85. The molecule has 0 saturated carbocycles. The van der Waals surface area contributed by atoms with E-state index in [1.54, 1.807) is 36.4 Å². The maximum atomic E-state index is 12.7. The van der Waals surface area contributed by atoms with Crippen LogP contribution in [0.1, 0.15) is 39.5 Å². The Morgan fingerprint density at radius 3 is 2.41 bits per heavy atom. The van der Waals surface area contributed by atoms with E-state index in [2.05, 4.69) is 15.8 Å². The lowest BCUT2D eigenvalue weighted by atomic mass is 10.1. The number of rotatable bonds is 12. The summed E-state index contributed by atoms with van der Waals surface area (Å²) < 4.78 is 17.3. The lowest BCUT2D eigenvalue weighted by molar-refractivity contribution is -0.118. The summed E-state index contributed by atoms with van der Waals surface area (Å²) in [5.41, 5.74) is 7.61. The Bertz CT molecular complexity index is 1520. The predicted molar refractivity (Wildman–Crippen MR) is 160 cm³/mol. The Morgan fingerprint density at radius 2 is 1.63 bits per heavy atom. The molecule has 0 heterocycles. The van der Waals surface area contributed by atoms with E-state index < -0.39 is 5.91 Å². The van der Waals surface area contributed by atoms with E-state index in [1.807, 2.05) is 75.4 Å². The van der Waals surface area contributed by atoms with Crippen LogP contribution in [0.25, 0.3) is 0 Å². The van der Waals surface area contributed by atoms with Crippen LogP contribution in [0.5, 0.6) is 17.2 Å². The smallest absolute Gasteiger partial charge is 0.271 e. The van der Waals surface area contributed by atoms with Gasteiger partial charge in [0.1, 0.15) is 12.4 Å². The standard InChI is InChI=1S/C33H33N3O5/c1-4-39-31-19-27(14-16-30(31)41-21-25-9-6-5-7-10-25)33(38)36-34-20-26-11-8-12-29(18-26)40-22-32(37)35-28-15-13-23(2)24(3)17-28/h5-20H,4,21-22H2,1-3H3,(H,35,37)(H,36,38)/b34-20+. The minimum atomic E-state index is -0.396. The minimum absolute atomic E-state index is 0.141. The van der Waals surface area contributed by atoms with Crippen LogP contribution in [0.3, 0.4) is 0 Å². The number of benzene rings is 4. The van der Waals surface area contributed by atoms with E-state index in [1.165, 1.54) is 6.21 Å². The number of ether oxygens (including phenoxy) is 3. The van der Waals surface area contributed by atoms with Crippen LogP contribution in [-0.4, -0.2) is 31.2 Å². The molecule has 2 N–H and O–H groups in total. The van der Waals surface area contributed by atoms with Crippen molar-refractivity contribution in [3.8, 4) is 17.2 Å². The van der Waals surface area contributed by atoms with Gasteiger partial charge in [-0.2, -0.15) is 5.10 Å². The van der Waals surface area contributed by atoms with E-state index >= 15 is 0 Å². The summed E-state index contributed by atoms with van der Waals surface area (Å²) in [6.07, 6.45) is 1.50. The molecule has 0 aliphatic carbocycles. The number of carbonyl (C=O) groups is 2. The maximum absolute atomic E-state index is 12.7. The monoisotopic (exact) mass is 551 g/mol. The highest BCUT2D eigenvalue weighted by molar-refractivity contribution is 5.95. The van der Waals surface area contributed by atoms with Crippen molar-refractivity contribution in [3.63, 3.8) is 0 Å². The molecule has 8 nitrogen and oxygen atoms in total. The van der Waals surface area contributed by atoms with Crippen molar-refractivity contribution < 1.29 is 23.8 Å². The van der Waals surface area contributed by atoms with E-state index in [4.69, 9.17) is 14.2 Å². The van der Waals surface area contributed by atoms with Crippen LogP contribution in [0.15, 0.2) is 96.1 Å². The fraction of sp³-hybridized carbons (Fsp3) is 0.182. The summed E-state index contributed by atoms with van der Waals surface area (Å²) in [5, 5.41) is 6.90. The molecule has 2 amide bonds. The third-order valence-electron chi connectivity index (χ3n) is 6.14. The predicted octanol–water partition coefficient (Wildman–Crippen LogP) is 6.06. The number of hydrazone groups is 1. The summed E-state index contributed by atoms with van der Waals surface area (Å²) in [7, 11) is 0. The lowest BCUT2D eigenvalue weighted by Gasteiger charge is -2.13. The van der Waals surface area contributed by atoms with E-state index in [-0.39, 0.29) is 12.5 Å². The zero-order valence-electron chi connectivity index (χ0n) is 23.3. The van der Waals surface area contributed by atoms with E-state index in [0.29, 0.717) is 41.6 Å². The van der Waals surface area contributed by atoms with Gasteiger partial charge in [0.15, 0.2) is 18.1 Å². The number of hydrogen-bond acceptors (Lipinski definition) is 6. The summed E-state index contributed by atoms with van der Waals surface area (Å²) in [4.78, 5) is 25.0. The molecule has 0 aromatic heterocycles. The van der Waals surface area contributed by atoms with Crippen molar-refractivity contribution in [2.75, 3.05) is 18.5 Å². The second kappa shape index (κ2) is 14.3. The molecule has 4 rings (SSSR count). The summed E-state index contributed by atoms with van der Waals surface area (Å²) in [5.74, 6) is 0.874. The average molecular weight is 552 g/mol. The highest BCUT2D eigenvalue weighted by Crippen LogP contribution is 2.29. The summed E-state index contributed by atoms with van der Waals surface area (Å²) in [6, 6.07) is 27.6. The second-order valence-electron chi connectivity index (χ2n) is 9.28. The zero-order valence-corrected chi connectivity index (χ0v) is 23.3. The molecule has 4 aromatic carbocycles. The molecule has 0 bridgehead atoms. The second-order valence-corrected chi connectivity index (χ2v) is 9.28. The summed E-state index contributed by atoms with van der Waals surface area (Å²) in [6.45, 7) is 6.55. The topological polar surface area (TPSA) is 98.3 Å². The van der Waals surface area contributed by atoms with Crippen LogP contribution in [0, 0.1) is 13.8 Å². The number of nitrogens with one attached hydrogen (secondary N) is 2. The first-order valence-corrected chi connectivity index (χ1v) is 13.3. The van der Waals surface area contributed by atoms with Gasteiger partial charge in [-0.1, -0.05) is 48.5 Å². The molecule has 0 spiro atoms. The van der Waals surface area contributed by atoms with Gasteiger partial charge in [-0.15, -0.1) is 0 Å². The van der Waals surface area contributed by atoms with Gasteiger partial charge in [-0.05, 0) is 85.5 Å². The Balaban J connectivity index is 1.30. The van der Waals surface area contributed by atoms with Gasteiger partial charge in [0.2, 0.25) is 0 Å². The first-order valence-electron chi connectivity index (χ1n) is 13.3. The van der Waals surface area contributed by atoms with E-state index in [9.17, 15) is 9.59 Å². The number of carbonyl (C=O) groups excluding carboxylic acids is 2. The molecule has 0 radical (unpaired) electrons. The highest BCUT2D eigenvalue weighted by atomic mass is 16.5. The molecule has 4 aromatic rings. The quantitative estimate of drug-likeness (QED) is 0.165. The number of anilines is 1. The van der Waals surface area contributed by atoms with Crippen LogP contribution >= 0.6 is 0 Å². The van der Waals surface area contributed by atoms with Crippen LogP contribution < -0.4 is 25.0 Å². The van der Waals surface area contributed by atoms with Gasteiger partial charge < -0.3 is 19.5 Å². The minimum Gasteiger partial charge on any atom is -0.490 e. The first kappa shape index (κ1) is 28.9. The van der Waals surface area contributed by atoms with Gasteiger partial charge in [0.25, 0.3) is 11.8 Å². The highest BCUT2D eigenvalue weighted by Gasteiger charge is 2.12. The largest absolute Gasteiger partial charge is 0.490 e. The first-order chi connectivity index (χ1) is 19.9. The van der Waals surface area contributed by atoms with Crippen LogP contribution in [0.4, 0.5) is 5.69 Å². The molecule has 0 aliphatic heterocycles. The van der Waals surface area contributed by atoms with Crippen LogP contribution in [-0.2, 0) is 11.4 Å². The third-order valence-corrected chi connectivity index (χ3v) is 6.14. The number of hydrogen-bond donors (Lipinski definition) is 2. The molecule has 0 saturated heterocycles. The molecular formula is C33H33N3O5. The SMILES string of the molecule is CCOc1cc(C(=O)N/N=C/c2cccc(OCC(=O)Nc3ccc(C)c(C)c3)c2)ccc1OCc1ccccc1. The Kier molecular flexibility index (Phi) is 10.1. The molecular weight excluding hydrogens is 518 g/mol. The number of aryl methyl sites for hydroxylation is 2. The molecule has 0 atom stereocenters. The lowest BCUT2D eigenvalue weighted by Crippen LogP contribution is -2.20. The van der Waals surface area contributed by atoms with Crippen LogP contribution in [0.2, 0.25) is 0 Å². The van der Waals surface area contributed by atoms with Gasteiger partial charge in [0.05, 0.1) is 12.8 Å². The van der Waals surface area contributed by atoms with Crippen molar-refractivity contribution >= 4 is 23.7 Å². The van der Waals surface area contributed by atoms with Crippen molar-refractivity contribution in [2.24, 2.45) is 5.10 Å². The average Bonchev–Trinajstić information content (AvgIpc) is 2.98. The van der Waals surface area contributed by atoms with Gasteiger partial charge in [-0.25, -0.2) is 5.43 Å². The Morgan fingerprint density at radius 1 is 0.805 bits per heavy atom. The van der Waals surface area contributed by atoms with Crippen molar-refractivity contribution in [2.45, 2.75) is 27.4 Å². The fourth-order valence-electron chi connectivity index (χ4n) is 3.85. The molecule has 0 aliphatic rings. The Hall–Kier alpha value is -5.11. The van der Waals surface area contributed by atoms with Gasteiger partial charge in [-0.3, -0.25) is 9.59 Å². The summed E-state index contributed by atoms with van der Waals surface area (Å²) >= 11 is 0. The number of amides is 2. The Labute approximate surface area is 240 Å². The number of nitrogens with zero attached hydrogens (tertiary/aromatic N) is 1. The van der Waals surface area contributed by atoms with Gasteiger partial charge in [0, 0.05) is 11.3 Å². The molecule has 0 fully saturated rings. The molecule has 210 valence electrons. The van der Waals surface area contributed by atoms with Crippen molar-refractivity contribution in [1.82, 2.24) is 5.43 Å².